The lowest BCUT2D eigenvalue weighted by Crippen LogP contribution is -2.41. The predicted octanol–water partition coefficient (Wildman–Crippen LogP) is 5.54. The Kier molecular flexibility index (Phi) is 9.43. The van der Waals surface area contributed by atoms with Crippen molar-refractivity contribution in [1.82, 2.24) is 0 Å². The van der Waals surface area contributed by atoms with Crippen LogP contribution in [0.1, 0.15) is 25.7 Å². The predicted molar refractivity (Wildman–Crippen MR) is 128 cm³/mol. The first-order valence-corrected chi connectivity index (χ1v) is 15.2. The number of rotatable bonds is 8. The molecule has 6 unspecified atom stereocenters. The van der Waals surface area contributed by atoms with Gasteiger partial charge in [-0.05, 0) is 48.0 Å². The minimum absolute atomic E-state index is 0.182. The normalized spacial score (nSPS) is 34.5. The van der Waals surface area contributed by atoms with Crippen LogP contribution in [-0.4, -0.2) is 55.6 Å². The second kappa shape index (κ2) is 11.0. The lowest BCUT2D eigenvalue weighted by atomic mass is 9.76. The molecule has 2 aliphatic heterocycles. The van der Waals surface area contributed by atoms with Crippen molar-refractivity contribution in [3.63, 3.8) is 0 Å². The molecule has 0 aromatic carbocycles. The molecule has 0 spiro atoms. The van der Waals surface area contributed by atoms with E-state index in [4.69, 9.17) is 0 Å². The van der Waals surface area contributed by atoms with Crippen molar-refractivity contribution < 1.29 is 10.2 Å². The third-order valence-corrected chi connectivity index (χ3v) is 14.0. The van der Waals surface area contributed by atoms with Crippen molar-refractivity contribution in [2.24, 2.45) is 11.8 Å². The van der Waals surface area contributed by atoms with Crippen LogP contribution in [0, 0.1) is 11.8 Å². The van der Waals surface area contributed by atoms with Crippen LogP contribution in [-0.2, 0) is 0 Å². The quantitative estimate of drug-likeness (QED) is 0.481. The van der Waals surface area contributed by atoms with Crippen LogP contribution in [0.25, 0.3) is 0 Å². The Bertz CT molecular complexity index is 480. The van der Waals surface area contributed by atoms with Gasteiger partial charge in [0.25, 0.3) is 0 Å². The minimum Gasteiger partial charge on any atom is -0.391 e. The van der Waals surface area contributed by atoms with E-state index in [-0.39, 0.29) is 13.2 Å². The highest BCUT2D eigenvalue weighted by Gasteiger charge is 2.43. The number of thioether (sulfide) groups is 6. The molecule has 26 heavy (non-hydrogen) atoms. The molecular formula is C18H28O2S6. The fraction of sp³-hybridized carbons (Fsp3) is 0.778. The zero-order valence-electron chi connectivity index (χ0n) is 15.2. The summed E-state index contributed by atoms with van der Waals surface area (Å²) in [6.07, 6.45) is 9.92. The minimum atomic E-state index is 0.182. The average Bonchev–Trinajstić information content (AvgIpc) is 3.34. The van der Waals surface area contributed by atoms with Gasteiger partial charge < -0.3 is 10.2 Å². The third-order valence-electron chi connectivity index (χ3n) is 5.31. The molecule has 0 saturated heterocycles. The van der Waals surface area contributed by atoms with E-state index in [1.807, 2.05) is 70.6 Å². The van der Waals surface area contributed by atoms with Gasteiger partial charge in [0.15, 0.2) is 0 Å². The maximum absolute atomic E-state index is 9.47. The monoisotopic (exact) mass is 468 g/mol. The van der Waals surface area contributed by atoms with Gasteiger partial charge in [0, 0.05) is 20.3 Å². The maximum atomic E-state index is 9.47. The molecule has 2 heterocycles. The summed E-state index contributed by atoms with van der Waals surface area (Å²) in [7, 11) is 0. The summed E-state index contributed by atoms with van der Waals surface area (Å²) < 4.78 is 1.07. The SMILES string of the molecule is CSC(C1SC=C(CO)S1)C1CCCCC1C(SC)C1SC=C(CO)S1. The van der Waals surface area contributed by atoms with Gasteiger partial charge >= 0.3 is 0 Å². The van der Waals surface area contributed by atoms with Crippen molar-refractivity contribution in [1.29, 1.82) is 0 Å². The van der Waals surface area contributed by atoms with Crippen molar-refractivity contribution in [2.45, 2.75) is 45.3 Å². The topological polar surface area (TPSA) is 40.5 Å². The summed E-state index contributed by atoms with van der Waals surface area (Å²) in [6, 6.07) is 0. The van der Waals surface area contributed by atoms with Gasteiger partial charge in [0.05, 0.1) is 22.4 Å². The highest BCUT2D eigenvalue weighted by molar-refractivity contribution is 8.24. The van der Waals surface area contributed by atoms with Crippen LogP contribution in [0.2, 0.25) is 0 Å². The average molecular weight is 469 g/mol. The van der Waals surface area contributed by atoms with E-state index in [2.05, 4.69) is 23.3 Å². The lowest BCUT2D eigenvalue weighted by Gasteiger charge is -2.43. The largest absolute Gasteiger partial charge is 0.391 e. The zero-order chi connectivity index (χ0) is 18.5. The molecule has 1 saturated carbocycles. The number of hydrogen-bond donors (Lipinski definition) is 2. The van der Waals surface area contributed by atoms with Crippen LogP contribution >= 0.6 is 70.6 Å². The highest BCUT2D eigenvalue weighted by Crippen LogP contribution is 2.54. The van der Waals surface area contributed by atoms with Crippen LogP contribution < -0.4 is 0 Å². The molecule has 0 aromatic heterocycles. The van der Waals surface area contributed by atoms with E-state index in [0.717, 1.165) is 21.6 Å². The fourth-order valence-electron chi connectivity index (χ4n) is 4.11. The summed E-state index contributed by atoms with van der Waals surface area (Å²) in [5, 5.41) is 24.5. The molecule has 3 rings (SSSR count). The summed E-state index contributed by atoms with van der Waals surface area (Å²) in [5.74, 6) is 1.49. The second-order valence-electron chi connectivity index (χ2n) is 6.74. The van der Waals surface area contributed by atoms with Gasteiger partial charge in [-0.2, -0.15) is 23.5 Å². The Hall–Kier alpha value is 1.50. The molecule has 0 bridgehead atoms. The summed E-state index contributed by atoms with van der Waals surface area (Å²) in [6.45, 7) is 0.365. The Labute approximate surface area is 183 Å². The molecule has 1 aliphatic carbocycles. The molecule has 0 aromatic rings. The summed E-state index contributed by atoms with van der Waals surface area (Å²) >= 11 is 11.7. The third kappa shape index (κ3) is 5.15. The zero-order valence-corrected chi connectivity index (χ0v) is 20.1. The van der Waals surface area contributed by atoms with Crippen molar-refractivity contribution in [3.05, 3.63) is 20.6 Å². The highest BCUT2D eigenvalue weighted by atomic mass is 32.2. The lowest BCUT2D eigenvalue weighted by molar-refractivity contribution is 0.234. The van der Waals surface area contributed by atoms with Gasteiger partial charge in [-0.25, -0.2) is 0 Å². The van der Waals surface area contributed by atoms with Crippen LogP contribution in [0.3, 0.4) is 0 Å². The maximum Gasteiger partial charge on any atom is 0.0746 e. The fourth-order valence-corrected chi connectivity index (χ4v) is 13.1. The van der Waals surface area contributed by atoms with E-state index in [1.165, 1.54) is 25.7 Å². The molecule has 0 amide bonds. The van der Waals surface area contributed by atoms with Crippen molar-refractivity contribution in [2.75, 3.05) is 25.7 Å². The van der Waals surface area contributed by atoms with Gasteiger partial charge in [-0.15, -0.1) is 47.0 Å². The van der Waals surface area contributed by atoms with Gasteiger partial charge in [0.2, 0.25) is 0 Å². The van der Waals surface area contributed by atoms with E-state index in [0.29, 0.717) is 19.7 Å². The second-order valence-corrected chi connectivity index (χ2v) is 13.9. The number of hydrogen-bond acceptors (Lipinski definition) is 8. The molecule has 148 valence electrons. The summed E-state index contributed by atoms with van der Waals surface area (Å²) in [5.41, 5.74) is 0. The molecule has 6 atom stereocenters. The Morgan fingerprint density at radius 2 is 1.31 bits per heavy atom. The van der Waals surface area contributed by atoms with Crippen molar-refractivity contribution >= 4 is 70.6 Å². The van der Waals surface area contributed by atoms with Crippen molar-refractivity contribution in [3.8, 4) is 0 Å². The smallest absolute Gasteiger partial charge is 0.0746 e. The van der Waals surface area contributed by atoms with Crippen LogP contribution in [0.4, 0.5) is 0 Å². The molecule has 2 N–H and O–H groups in total. The summed E-state index contributed by atoms with van der Waals surface area (Å²) in [4.78, 5) is 2.26. The molecule has 3 aliphatic rings. The molecule has 2 nitrogen and oxygen atoms in total. The first-order chi connectivity index (χ1) is 12.7. The molecular weight excluding hydrogens is 441 g/mol. The van der Waals surface area contributed by atoms with Crippen LogP contribution in [0.5, 0.6) is 0 Å². The Balaban J connectivity index is 1.71. The van der Waals surface area contributed by atoms with E-state index in [9.17, 15) is 10.2 Å². The van der Waals surface area contributed by atoms with Gasteiger partial charge in [0.1, 0.15) is 0 Å². The Morgan fingerprint density at radius 3 is 1.62 bits per heavy atom. The van der Waals surface area contributed by atoms with Crippen LogP contribution in [0.15, 0.2) is 20.6 Å². The molecule has 0 radical (unpaired) electrons. The standard InChI is InChI=1S/C18H28O2S6/c1-21-15(17-23-9-11(7-19)25-17)13-5-3-4-6-14(13)16(22-2)18-24-10-12(8-20)26-18/h9-10,13-20H,3-8H2,1-2H3. The van der Waals surface area contributed by atoms with Gasteiger partial charge in [-0.3, -0.25) is 0 Å². The first kappa shape index (κ1) is 22.2. The van der Waals surface area contributed by atoms with E-state index < -0.39 is 0 Å². The molecule has 1 fully saturated rings. The molecule has 8 heteroatoms. The van der Waals surface area contributed by atoms with E-state index >= 15 is 0 Å². The van der Waals surface area contributed by atoms with E-state index in [1.54, 1.807) is 0 Å². The van der Waals surface area contributed by atoms with Gasteiger partial charge in [-0.1, -0.05) is 12.8 Å². The Morgan fingerprint density at radius 1 is 0.885 bits per heavy atom. The number of aliphatic hydroxyl groups is 2. The number of aliphatic hydroxyl groups excluding tert-OH is 2. The first-order valence-electron chi connectivity index (χ1n) is 9.01.